The molecule has 4 heteroatoms. The maximum atomic E-state index is 11.2. The Morgan fingerprint density at radius 3 is 2.71 bits per heavy atom. The Balaban J connectivity index is 2.54. The van der Waals surface area contributed by atoms with Gasteiger partial charge in [0.1, 0.15) is 0 Å². The predicted octanol–water partition coefficient (Wildman–Crippen LogP) is 2.14. The van der Waals surface area contributed by atoms with Crippen molar-refractivity contribution in [2.75, 3.05) is 0 Å². The van der Waals surface area contributed by atoms with Gasteiger partial charge in [-0.1, -0.05) is 28.1 Å². The minimum Gasteiger partial charge on any atom is -0.295 e. The second-order valence-corrected chi connectivity index (χ2v) is 3.99. The molecule has 3 nitrogen and oxygen atoms in total. The third kappa shape index (κ3) is 1.65. The van der Waals surface area contributed by atoms with Gasteiger partial charge in [0, 0.05) is 23.2 Å². The minimum absolute atomic E-state index is 0.0278. The van der Waals surface area contributed by atoms with E-state index >= 15 is 0 Å². The molecular weight excluding hydrogens is 244 g/mol. The van der Waals surface area contributed by atoms with Crippen molar-refractivity contribution in [3.05, 3.63) is 45.2 Å². The molecule has 14 heavy (non-hydrogen) atoms. The van der Waals surface area contributed by atoms with Gasteiger partial charge >= 0.3 is 0 Å². The van der Waals surface area contributed by atoms with Crippen molar-refractivity contribution in [3.8, 4) is 11.3 Å². The number of halogens is 1. The van der Waals surface area contributed by atoms with Crippen molar-refractivity contribution < 1.29 is 0 Å². The van der Waals surface area contributed by atoms with Gasteiger partial charge in [-0.05, 0) is 12.1 Å². The van der Waals surface area contributed by atoms with Crippen LogP contribution >= 0.6 is 15.9 Å². The molecule has 0 saturated carbocycles. The standard InChI is InChI=1S/C10H9BrN2O/c1-13-10(14)6-9(12-13)7-3-2-4-8(11)5-7/h2-6,12H,1H3. The van der Waals surface area contributed by atoms with Crippen molar-refractivity contribution in [3.63, 3.8) is 0 Å². The van der Waals surface area contributed by atoms with Gasteiger partial charge in [-0.2, -0.15) is 0 Å². The van der Waals surface area contributed by atoms with Crippen LogP contribution in [0.4, 0.5) is 0 Å². The first-order chi connectivity index (χ1) is 6.66. The average Bonchev–Trinajstić information content (AvgIpc) is 2.47. The SMILES string of the molecule is Cn1[nH]c(-c2cccc(Br)c2)cc1=O. The zero-order chi connectivity index (χ0) is 10.1. The first-order valence-electron chi connectivity index (χ1n) is 4.19. The largest absolute Gasteiger partial charge is 0.295 e. The van der Waals surface area contributed by atoms with Crippen LogP contribution in [0.15, 0.2) is 39.6 Å². The molecule has 1 aromatic heterocycles. The Bertz CT molecular complexity index is 513. The van der Waals surface area contributed by atoms with E-state index in [0.29, 0.717) is 0 Å². The van der Waals surface area contributed by atoms with E-state index in [9.17, 15) is 4.79 Å². The summed E-state index contributed by atoms with van der Waals surface area (Å²) in [6, 6.07) is 9.39. The molecular formula is C10H9BrN2O. The fourth-order valence-corrected chi connectivity index (χ4v) is 1.69. The lowest BCUT2D eigenvalue weighted by atomic mass is 10.2. The molecule has 0 fully saturated rings. The van der Waals surface area contributed by atoms with E-state index in [4.69, 9.17) is 0 Å². The van der Waals surface area contributed by atoms with Gasteiger partial charge < -0.3 is 0 Å². The topological polar surface area (TPSA) is 37.8 Å². The van der Waals surface area contributed by atoms with Crippen LogP contribution in [0.3, 0.4) is 0 Å². The number of aromatic nitrogens is 2. The number of aromatic amines is 1. The van der Waals surface area contributed by atoms with E-state index in [1.165, 1.54) is 4.68 Å². The van der Waals surface area contributed by atoms with Gasteiger partial charge in [-0.15, -0.1) is 0 Å². The van der Waals surface area contributed by atoms with E-state index in [2.05, 4.69) is 21.0 Å². The summed E-state index contributed by atoms with van der Waals surface area (Å²) in [4.78, 5) is 11.2. The third-order valence-electron chi connectivity index (χ3n) is 2.02. The molecule has 1 aromatic carbocycles. The number of nitrogens with one attached hydrogen (secondary N) is 1. The highest BCUT2D eigenvalue weighted by molar-refractivity contribution is 9.10. The summed E-state index contributed by atoms with van der Waals surface area (Å²) in [5, 5.41) is 2.97. The van der Waals surface area contributed by atoms with E-state index in [1.54, 1.807) is 13.1 Å². The Kier molecular flexibility index (Phi) is 2.29. The lowest BCUT2D eigenvalue weighted by Gasteiger charge is -1.97. The van der Waals surface area contributed by atoms with E-state index in [0.717, 1.165) is 15.7 Å². The van der Waals surface area contributed by atoms with Crippen molar-refractivity contribution in [2.24, 2.45) is 7.05 Å². The maximum Gasteiger partial charge on any atom is 0.266 e. The maximum absolute atomic E-state index is 11.2. The molecule has 0 aliphatic carbocycles. The lowest BCUT2D eigenvalue weighted by Crippen LogP contribution is -2.09. The van der Waals surface area contributed by atoms with Gasteiger partial charge in [0.15, 0.2) is 0 Å². The Morgan fingerprint density at radius 1 is 1.36 bits per heavy atom. The number of H-pyrrole nitrogens is 1. The van der Waals surface area contributed by atoms with Crippen LogP contribution in [0, 0.1) is 0 Å². The van der Waals surface area contributed by atoms with Crippen LogP contribution < -0.4 is 5.56 Å². The fourth-order valence-electron chi connectivity index (χ4n) is 1.29. The summed E-state index contributed by atoms with van der Waals surface area (Å²) in [6.45, 7) is 0. The summed E-state index contributed by atoms with van der Waals surface area (Å²) >= 11 is 3.39. The molecule has 0 saturated heterocycles. The zero-order valence-electron chi connectivity index (χ0n) is 7.62. The van der Waals surface area contributed by atoms with E-state index < -0.39 is 0 Å². The van der Waals surface area contributed by atoms with Gasteiger partial charge in [0.25, 0.3) is 5.56 Å². The molecule has 72 valence electrons. The molecule has 2 aromatic rings. The average molecular weight is 253 g/mol. The van der Waals surface area contributed by atoms with E-state index in [1.807, 2.05) is 24.3 Å². The van der Waals surface area contributed by atoms with Gasteiger partial charge in [-0.25, -0.2) is 0 Å². The van der Waals surface area contributed by atoms with Gasteiger partial charge in [0.2, 0.25) is 0 Å². The second kappa shape index (κ2) is 3.46. The predicted molar refractivity (Wildman–Crippen MR) is 59.2 cm³/mol. The number of rotatable bonds is 1. The molecule has 1 heterocycles. The monoisotopic (exact) mass is 252 g/mol. The van der Waals surface area contributed by atoms with Crippen molar-refractivity contribution in [1.29, 1.82) is 0 Å². The Labute approximate surface area is 89.5 Å². The zero-order valence-corrected chi connectivity index (χ0v) is 9.21. The molecule has 2 rings (SSSR count). The summed E-state index contributed by atoms with van der Waals surface area (Å²) in [7, 11) is 1.70. The molecule has 0 amide bonds. The molecule has 0 bridgehead atoms. The summed E-state index contributed by atoms with van der Waals surface area (Å²) in [5.74, 6) is 0. The van der Waals surface area contributed by atoms with Crippen LogP contribution in [-0.4, -0.2) is 9.78 Å². The first-order valence-corrected chi connectivity index (χ1v) is 4.98. The number of aryl methyl sites for hydroxylation is 1. The van der Waals surface area contributed by atoms with Crippen molar-refractivity contribution >= 4 is 15.9 Å². The van der Waals surface area contributed by atoms with Crippen LogP contribution in [-0.2, 0) is 7.05 Å². The highest BCUT2D eigenvalue weighted by Gasteiger charge is 2.02. The van der Waals surface area contributed by atoms with Crippen LogP contribution in [0.1, 0.15) is 0 Å². The molecule has 0 radical (unpaired) electrons. The minimum atomic E-state index is -0.0278. The number of benzene rings is 1. The lowest BCUT2D eigenvalue weighted by molar-refractivity contribution is 0.742. The molecule has 0 aliphatic rings. The molecule has 0 atom stereocenters. The number of hydrogen-bond donors (Lipinski definition) is 1. The Hall–Kier alpha value is -1.29. The van der Waals surface area contributed by atoms with Crippen molar-refractivity contribution in [1.82, 2.24) is 9.78 Å². The first kappa shape index (κ1) is 9.27. The number of nitrogens with zero attached hydrogens (tertiary/aromatic N) is 1. The third-order valence-corrected chi connectivity index (χ3v) is 2.52. The van der Waals surface area contributed by atoms with Gasteiger partial charge in [0.05, 0.1) is 5.69 Å². The van der Waals surface area contributed by atoms with Crippen LogP contribution in [0.25, 0.3) is 11.3 Å². The van der Waals surface area contributed by atoms with Crippen molar-refractivity contribution in [2.45, 2.75) is 0 Å². The normalized spacial score (nSPS) is 10.4. The van der Waals surface area contributed by atoms with Gasteiger partial charge in [-0.3, -0.25) is 14.6 Å². The number of hydrogen-bond acceptors (Lipinski definition) is 1. The molecule has 0 spiro atoms. The summed E-state index contributed by atoms with van der Waals surface area (Å²) in [6.07, 6.45) is 0. The fraction of sp³-hybridized carbons (Fsp3) is 0.100. The molecule has 0 unspecified atom stereocenters. The highest BCUT2D eigenvalue weighted by atomic mass is 79.9. The highest BCUT2D eigenvalue weighted by Crippen LogP contribution is 2.19. The molecule has 1 N–H and O–H groups in total. The van der Waals surface area contributed by atoms with Crippen LogP contribution in [0.5, 0.6) is 0 Å². The summed E-state index contributed by atoms with van der Waals surface area (Å²) in [5.41, 5.74) is 1.80. The second-order valence-electron chi connectivity index (χ2n) is 3.08. The van der Waals surface area contributed by atoms with Crippen LogP contribution in [0.2, 0.25) is 0 Å². The Morgan fingerprint density at radius 2 is 2.14 bits per heavy atom. The summed E-state index contributed by atoms with van der Waals surface area (Å²) < 4.78 is 2.45. The smallest absolute Gasteiger partial charge is 0.266 e. The quantitative estimate of drug-likeness (QED) is 0.830. The van der Waals surface area contributed by atoms with E-state index in [-0.39, 0.29) is 5.56 Å². The molecule has 0 aliphatic heterocycles.